The largest absolute Gasteiger partial charge is 0.477 e. The van der Waals surface area contributed by atoms with Gasteiger partial charge in [0, 0.05) is 68.8 Å². The number of carboxylic acids is 1. The fourth-order valence-electron chi connectivity index (χ4n) is 6.34. The SMILES string of the molecule is Cc1cc(N(C)C)cc(C)c1Nc1ccc([C+](c2ccc(Nc3c(C)cc(N(C)C)cc3C)c(C(=O)O)c2)c2ccc(S(=O)(=O)O)cc2S(=O)(=O)O)cc1. The van der Waals surface area contributed by atoms with Crippen molar-refractivity contribution in [3.05, 3.63) is 135 Å². The molecule has 12 nitrogen and oxygen atoms in total. The molecule has 0 aliphatic rings. The number of carboxylic acid groups (broad SMARTS) is 1. The smallest absolute Gasteiger partial charge is 0.343 e. The second-order valence-electron chi connectivity index (χ2n) is 13.6. The highest BCUT2D eigenvalue weighted by Crippen LogP contribution is 2.39. The molecule has 0 amide bonds. The molecule has 0 aromatic heterocycles. The van der Waals surface area contributed by atoms with Gasteiger partial charge in [0.25, 0.3) is 10.1 Å². The van der Waals surface area contributed by atoms with Crippen LogP contribution < -0.4 is 20.4 Å². The predicted octanol–water partition coefficient (Wildman–Crippen LogP) is 7.75. The Kier molecular flexibility index (Phi) is 11.1. The standard InChI is InChI=1S/C40H42N4O8S2/c1-23-17-30(43(5)6)18-24(2)38(23)41-29-12-9-27(10-13-29)37(33-15-14-32(53(47,48)49)22-36(33)54(50,51)52)28-11-16-35(34(21-28)40(45)46)42-39-25(3)19-31(44(7)8)20-26(39)4/h9-22,41-42H,1-8H3,(H2-,45,46,47,48,49,50,51,52)/p+1. The highest BCUT2D eigenvalue weighted by Gasteiger charge is 2.33. The summed E-state index contributed by atoms with van der Waals surface area (Å²) in [6, 6.07) is 22.4. The number of hydrogen-bond donors (Lipinski definition) is 5. The minimum absolute atomic E-state index is 0.125. The third kappa shape index (κ3) is 8.47. The first-order valence-corrected chi connectivity index (χ1v) is 19.6. The summed E-state index contributed by atoms with van der Waals surface area (Å²) in [5, 5.41) is 17.1. The molecular weight excluding hydrogens is 729 g/mol. The van der Waals surface area contributed by atoms with Crippen molar-refractivity contribution in [2.45, 2.75) is 37.5 Å². The van der Waals surface area contributed by atoms with Crippen molar-refractivity contribution in [2.24, 2.45) is 0 Å². The summed E-state index contributed by atoms with van der Waals surface area (Å²) < 4.78 is 69.7. The van der Waals surface area contributed by atoms with Gasteiger partial charge in [-0.1, -0.05) is 0 Å². The number of aryl methyl sites for hydroxylation is 4. The number of nitrogens with one attached hydrogen (secondary N) is 2. The van der Waals surface area contributed by atoms with Crippen LogP contribution in [0, 0.1) is 33.6 Å². The van der Waals surface area contributed by atoms with Crippen LogP contribution in [0.4, 0.5) is 34.1 Å². The average Bonchev–Trinajstić information content (AvgIpc) is 3.08. The Labute approximate surface area is 316 Å². The second kappa shape index (κ2) is 15.1. The van der Waals surface area contributed by atoms with E-state index in [9.17, 15) is 35.8 Å². The Morgan fingerprint density at radius 3 is 1.54 bits per heavy atom. The van der Waals surface area contributed by atoms with E-state index in [-0.39, 0.29) is 28.3 Å². The third-order valence-corrected chi connectivity index (χ3v) is 10.9. The lowest BCUT2D eigenvalue weighted by Gasteiger charge is -2.21. The van der Waals surface area contributed by atoms with Gasteiger partial charge in [-0.05, 0) is 123 Å². The molecule has 54 heavy (non-hydrogen) atoms. The van der Waals surface area contributed by atoms with E-state index in [2.05, 4.69) is 22.8 Å². The lowest BCUT2D eigenvalue weighted by molar-refractivity contribution is 0.0697. The van der Waals surface area contributed by atoms with Gasteiger partial charge < -0.3 is 25.5 Å². The van der Waals surface area contributed by atoms with E-state index >= 15 is 0 Å². The van der Waals surface area contributed by atoms with E-state index in [4.69, 9.17) is 0 Å². The molecule has 282 valence electrons. The van der Waals surface area contributed by atoms with Gasteiger partial charge in [-0.25, -0.2) is 4.79 Å². The number of anilines is 6. The van der Waals surface area contributed by atoms with Crippen LogP contribution >= 0.6 is 0 Å². The van der Waals surface area contributed by atoms with Crippen molar-refractivity contribution < 1.29 is 35.8 Å². The van der Waals surface area contributed by atoms with Crippen LogP contribution in [0.1, 0.15) is 49.3 Å². The summed E-state index contributed by atoms with van der Waals surface area (Å²) in [6.07, 6.45) is 0. The number of aromatic carboxylic acids is 1. The number of nitrogens with zero attached hydrogens (tertiary/aromatic N) is 2. The van der Waals surface area contributed by atoms with E-state index in [1.807, 2.05) is 77.8 Å². The van der Waals surface area contributed by atoms with Crippen molar-refractivity contribution in [3.8, 4) is 0 Å². The molecule has 0 bridgehead atoms. The summed E-state index contributed by atoms with van der Waals surface area (Å²) in [4.78, 5) is 15.2. The number of hydrogen-bond acceptors (Lipinski definition) is 9. The zero-order chi connectivity index (χ0) is 39.9. The van der Waals surface area contributed by atoms with Crippen molar-refractivity contribution in [3.63, 3.8) is 0 Å². The van der Waals surface area contributed by atoms with Crippen molar-refractivity contribution in [2.75, 3.05) is 48.6 Å². The number of carbonyl (C=O) groups is 1. The summed E-state index contributed by atoms with van der Waals surface area (Å²) in [7, 11) is -2.16. The van der Waals surface area contributed by atoms with Crippen LogP contribution in [0.3, 0.4) is 0 Å². The van der Waals surface area contributed by atoms with Gasteiger partial charge in [-0.3, -0.25) is 9.11 Å². The molecule has 0 saturated heterocycles. The van der Waals surface area contributed by atoms with E-state index in [0.29, 0.717) is 17.3 Å². The fourth-order valence-corrected chi connectivity index (χ4v) is 7.64. The molecule has 5 aromatic carbocycles. The molecule has 0 saturated carbocycles. The van der Waals surface area contributed by atoms with Gasteiger partial charge in [0.05, 0.1) is 28.3 Å². The number of rotatable bonds is 12. The summed E-state index contributed by atoms with van der Waals surface area (Å²) >= 11 is 0. The van der Waals surface area contributed by atoms with Crippen LogP contribution in [0.15, 0.2) is 94.7 Å². The van der Waals surface area contributed by atoms with Gasteiger partial charge in [0.15, 0.2) is 0 Å². The fraction of sp³-hybridized carbons (Fsp3) is 0.200. The maximum atomic E-state index is 12.8. The molecule has 0 aliphatic carbocycles. The van der Waals surface area contributed by atoms with E-state index in [1.54, 1.807) is 36.4 Å². The van der Waals surface area contributed by atoms with Gasteiger partial charge >= 0.3 is 16.1 Å². The average molecular weight is 772 g/mol. The highest BCUT2D eigenvalue weighted by molar-refractivity contribution is 7.86. The van der Waals surface area contributed by atoms with Gasteiger partial charge in [-0.15, -0.1) is 0 Å². The molecule has 5 rings (SSSR count). The molecule has 14 heteroatoms. The van der Waals surface area contributed by atoms with Crippen LogP contribution in [0.5, 0.6) is 0 Å². The van der Waals surface area contributed by atoms with Crippen molar-refractivity contribution >= 4 is 60.3 Å². The maximum absolute atomic E-state index is 12.8. The molecule has 0 atom stereocenters. The molecule has 0 radical (unpaired) electrons. The maximum Gasteiger partial charge on any atom is 0.343 e. The quantitative estimate of drug-likeness (QED) is 0.0474. The predicted molar refractivity (Wildman–Crippen MR) is 214 cm³/mol. The van der Waals surface area contributed by atoms with Crippen molar-refractivity contribution in [1.82, 2.24) is 0 Å². The van der Waals surface area contributed by atoms with Gasteiger partial charge in [-0.2, -0.15) is 16.8 Å². The first kappa shape index (κ1) is 39.7. The molecule has 0 spiro atoms. The molecule has 0 fully saturated rings. The molecule has 0 heterocycles. The molecule has 0 unspecified atom stereocenters. The summed E-state index contributed by atoms with van der Waals surface area (Å²) in [6.45, 7) is 7.82. The second-order valence-corrected chi connectivity index (χ2v) is 16.4. The van der Waals surface area contributed by atoms with Crippen LogP contribution in [0.25, 0.3) is 0 Å². The van der Waals surface area contributed by atoms with Crippen LogP contribution in [-0.4, -0.2) is 65.2 Å². The lowest BCUT2D eigenvalue weighted by atomic mass is 9.84. The van der Waals surface area contributed by atoms with Crippen LogP contribution in [-0.2, 0) is 20.2 Å². The molecule has 5 aromatic rings. The van der Waals surface area contributed by atoms with E-state index < -0.39 is 36.0 Å². The molecule has 5 N–H and O–H groups in total. The lowest BCUT2D eigenvalue weighted by Crippen LogP contribution is -2.14. The first-order chi connectivity index (χ1) is 25.1. The molecular formula is C40H43N4O8S2+. The zero-order valence-corrected chi connectivity index (χ0v) is 32.8. The minimum Gasteiger partial charge on any atom is -0.477 e. The summed E-state index contributed by atoms with van der Waals surface area (Å²) in [5.41, 5.74) is 8.85. The van der Waals surface area contributed by atoms with E-state index in [1.165, 1.54) is 6.07 Å². The molecule has 0 aliphatic heterocycles. The Hall–Kier alpha value is -5.54. The normalized spacial score (nSPS) is 11.6. The van der Waals surface area contributed by atoms with Crippen LogP contribution in [0.2, 0.25) is 0 Å². The Balaban J connectivity index is 1.66. The third-order valence-electron chi connectivity index (χ3n) is 9.11. The monoisotopic (exact) mass is 771 g/mol. The Morgan fingerprint density at radius 2 is 1.09 bits per heavy atom. The van der Waals surface area contributed by atoms with Gasteiger partial charge in [0.1, 0.15) is 15.4 Å². The van der Waals surface area contributed by atoms with Gasteiger partial charge in [0.2, 0.25) is 0 Å². The summed E-state index contributed by atoms with van der Waals surface area (Å²) in [5.74, 6) is -1.09. The van der Waals surface area contributed by atoms with E-state index in [0.717, 1.165) is 57.1 Å². The minimum atomic E-state index is -5.08. The zero-order valence-electron chi connectivity index (χ0n) is 31.2. The Morgan fingerprint density at radius 1 is 0.611 bits per heavy atom. The first-order valence-electron chi connectivity index (χ1n) is 16.7. The number of benzene rings is 5. The topological polar surface area (TPSA) is 177 Å². The highest BCUT2D eigenvalue weighted by atomic mass is 32.2. The van der Waals surface area contributed by atoms with Crippen molar-refractivity contribution in [1.29, 1.82) is 0 Å². The Bertz CT molecular complexity index is 2430.